The maximum Gasteiger partial charge on any atom is 0.304 e. The van der Waals surface area contributed by atoms with Crippen LogP contribution in [-0.2, 0) is 9.53 Å². The molecule has 0 aromatic heterocycles. The number of hydrogen-bond donors (Lipinski definition) is 1. The zero-order valence-electron chi connectivity index (χ0n) is 9.32. The predicted octanol–water partition coefficient (Wildman–Crippen LogP) is 1.21. The molecule has 1 N–H and O–H groups in total. The van der Waals surface area contributed by atoms with Gasteiger partial charge in [0.2, 0.25) is 0 Å². The number of ether oxygens (including phenoxy) is 1. The van der Waals surface area contributed by atoms with Gasteiger partial charge >= 0.3 is 5.97 Å². The maximum absolute atomic E-state index is 10.4. The van der Waals surface area contributed by atoms with E-state index in [-0.39, 0.29) is 6.42 Å². The third kappa shape index (κ3) is 5.19. The second-order valence-electron chi connectivity index (χ2n) is 3.29. The summed E-state index contributed by atoms with van der Waals surface area (Å²) in [4.78, 5) is 12.6. The number of hydrogen-bond acceptors (Lipinski definition) is 3. The fourth-order valence-corrected chi connectivity index (χ4v) is 1.51. The number of aliphatic carboxylic acids is 1. The number of methoxy groups -OCH3 is 1. The quantitative estimate of drug-likeness (QED) is 0.644. The zero-order chi connectivity index (χ0) is 11.0. The number of carbonyl (C=O) groups is 1. The van der Waals surface area contributed by atoms with E-state index in [0.717, 1.165) is 13.0 Å². The summed E-state index contributed by atoms with van der Waals surface area (Å²) in [5.41, 5.74) is 0. The van der Waals surface area contributed by atoms with E-state index in [4.69, 9.17) is 9.84 Å². The van der Waals surface area contributed by atoms with E-state index < -0.39 is 5.97 Å². The third-order valence-electron chi connectivity index (χ3n) is 2.37. The summed E-state index contributed by atoms with van der Waals surface area (Å²) in [7, 11) is 1.67. The van der Waals surface area contributed by atoms with Crippen molar-refractivity contribution in [3.63, 3.8) is 0 Å². The predicted molar refractivity (Wildman–Crippen MR) is 55.5 cm³/mol. The molecule has 1 atom stereocenters. The summed E-state index contributed by atoms with van der Waals surface area (Å²) in [6, 6.07) is 0.337. The molecule has 0 aliphatic carbocycles. The van der Waals surface area contributed by atoms with Crippen LogP contribution in [0.2, 0.25) is 0 Å². The highest BCUT2D eigenvalue weighted by molar-refractivity contribution is 5.66. The van der Waals surface area contributed by atoms with Crippen molar-refractivity contribution in [3.8, 4) is 0 Å². The third-order valence-corrected chi connectivity index (χ3v) is 2.37. The van der Waals surface area contributed by atoms with Gasteiger partial charge in [0.1, 0.15) is 0 Å². The van der Waals surface area contributed by atoms with Crippen LogP contribution in [0.5, 0.6) is 0 Å². The van der Waals surface area contributed by atoms with Crippen molar-refractivity contribution in [1.29, 1.82) is 0 Å². The Kier molecular flexibility index (Phi) is 7.42. The Labute approximate surface area is 85.9 Å². The van der Waals surface area contributed by atoms with Gasteiger partial charge in [0, 0.05) is 19.7 Å². The average Bonchev–Trinajstić information content (AvgIpc) is 2.16. The monoisotopic (exact) mass is 203 g/mol. The second-order valence-corrected chi connectivity index (χ2v) is 3.29. The lowest BCUT2D eigenvalue weighted by Gasteiger charge is -2.28. The normalized spacial score (nSPS) is 13.1. The molecule has 0 fully saturated rings. The number of carboxylic acid groups (broad SMARTS) is 1. The lowest BCUT2D eigenvalue weighted by molar-refractivity contribution is -0.137. The molecule has 0 spiro atoms. The Balaban J connectivity index is 4.00. The van der Waals surface area contributed by atoms with Crippen LogP contribution in [0.4, 0.5) is 0 Å². The summed E-state index contributed by atoms with van der Waals surface area (Å²) >= 11 is 0. The van der Waals surface area contributed by atoms with Crippen LogP contribution in [0, 0.1) is 0 Å². The van der Waals surface area contributed by atoms with Gasteiger partial charge in [-0.1, -0.05) is 13.8 Å². The van der Waals surface area contributed by atoms with Crippen molar-refractivity contribution < 1.29 is 14.6 Å². The highest BCUT2D eigenvalue weighted by Gasteiger charge is 2.15. The SMILES string of the molecule is CCC(COC)N(CC)CCC(=O)O. The standard InChI is InChI=1S/C10H21NO3/c1-4-9(8-14-3)11(5-2)7-6-10(12)13/h9H,4-8H2,1-3H3,(H,12,13). The second kappa shape index (κ2) is 7.76. The molecule has 0 aromatic rings. The topological polar surface area (TPSA) is 49.8 Å². The molecule has 0 aliphatic rings. The van der Waals surface area contributed by atoms with Gasteiger partial charge in [-0.25, -0.2) is 0 Å². The minimum Gasteiger partial charge on any atom is -0.481 e. The Hall–Kier alpha value is -0.610. The van der Waals surface area contributed by atoms with Crippen LogP contribution in [0.1, 0.15) is 26.7 Å². The van der Waals surface area contributed by atoms with Crippen LogP contribution in [-0.4, -0.2) is 48.8 Å². The smallest absolute Gasteiger partial charge is 0.304 e. The first-order valence-corrected chi connectivity index (χ1v) is 5.10. The Morgan fingerprint density at radius 3 is 2.50 bits per heavy atom. The minimum atomic E-state index is -0.740. The van der Waals surface area contributed by atoms with E-state index in [1.807, 2.05) is 6.92 Å². The van der Waals surface area contributed by atoms with Crippen molar-refractivity contribution in [3.05, 3.63) is 0 Å². The average molecular weight is 203 g/mol. The number of nitrogens with zero attached hydrogens (tertiary/aromatic N) is 1. The summed E-state index contributed by atoms with van der Waals surface area (Å²) < 4.78 is 5.10. The molecular weight excluding hydrogens is 182 g/mol. The molecule has 14 heavy (non-hydrogen) atoms. The molecule has 4 heteroatoms. The van der Waals surface area contributed by atoms with Gasteiger partial charge in [0.15, 0.2) is 0 Å². The van der Waals surface area contributed by atoms with Gasteiger partial charge in [-0.05, 0) is 13.0 Å². The van der Waals surface area contributed by atoms with E-state index >= 15 is 0 Å². The van der Waals surface area contributed by atoms with Crippen molar-refractivity contribution in [2.45, 2.75) is 32.7 Å². The highest BCUT2D eigenvalue weighted by atomic mass is 16.5. The molecule has 0 amide bonds. The Morgan fingerprint density at radius 2 is 2.14 bits per heavy atom. The fourth-order valence-electron chi connectivity index (χ4n) is 1.51. The van der Waals surface area contributed by atoms with Crippen LogP contribution >= 0.6 is 0 Å². The number of rotatable bonds is 8. The lowest BCUT2D eigenvalue weighted by Crippen LogP contribution is -2.39. The van der Waals surface area contributed by atoms with E-state index in [9.17, 15) is 4.79 Å². The molecule has 0 aromatic carbocycles. The van der Waals surface area contributed by atoms with E-state index in [1.165, 1.54) is 0 Å². The van der Waals surface area contributed by atoms with E-state index in [1.54, 1.807) is 7.11 Å². The van der Waals surface area contributed by atoms with Crippen molar-refractivity contribution in [2.24, 2.45) is 0 Å². The minimum absolute atomic E-state index is 0.202. The van der Waals surface area contributed by atoms with Crippen molar-refractivity contribution in [2.75, 3.05) is 26.8 Å². The van der Waals surface area contributed by atoms with Gasteiger partial charge in [0.05, 0.1) is 13.0 Å². The van der Waals surface area contributed by atoms with Crippen LogP contribution < -0.4 is 0 Å². The molecule has 0 saturated carbocycles. The molecule has 0 rings (SSSR count). The Bertz CT molecular complexity index is 161. The van der Waals surface area contributed by atoms with Crippen LogP contribution in [0.25, 0.3) is 0 Å². The molecule has 1 unspecified atom stereocenters. The molecule has 0 radical (unpaired) electrons. The van der Waals surface area contributed by atoms with Crippen molar-refractivity contribution >= 4 is 5.97 Å². The molecule has 0 heterocycles. The van der Waals surface area contributed by atoms with Gasteiger partial charge in [0.25, 0.3) is 0 Å². The first-order chi connectivity index (χ1) is 6.65. The number of likely N-dealkylation sites (N-methyl/N-ethyl adjacent to an activating group) is 1. The van der Waals surface area contributed by atoms with Crippen molar-refractivity contribution in [1.82, 2.24) is 4.90 Å². The summed E-state index contributed by atoms with van der Waals surface area (Å²) in [6.07, 6.45) is 1.19. The first kappa shape index (κ1) is 13.4. The fraction of sp³-hybridized carbons (Fsp3) is 0.900. The summed E-state index contributed by atoms with van der Waals surface area (Å²) in [5.74, 6) is -0.740. The highest BCUT2D eigenvalue weighted by Crippen LogP contribution is 2.05. The largest absolute Gasteiger partial charge is 0.481 e. The van der Waals surface area contributed by atoms with Crippen LogP contribution in [0.15, 0.2) is 0 Å². The Morgan fingerprint density at radius 1 is 1.50 bits per heavy atom. The van der Waals surface area contributed by atoms with Gasteiger partial charge < -0.3 is 9.84 Å². The first-order valence-electron chi connectivity index (χ1n) is 5.10. The summed E-state index contributed by atoms with van der Waals surface area (Å²) in [5, 5.41) is 8.58. The van der Waals surface area contributed by atoms with E-state index in [0.29, 0.717) is 19.2 Å². The molecule has 0 bridgehead atoms. The molecular formula is C10H21NO3. The number of carboxylic acids is 1. The van der Waals surface area contributed by atoms with Crippen LogP contribution in [0.3, 0.4) is 0 Å². The maximum atomic E-state index is 10.4. The zero-order valence-corrected chi connectivity index (χ0v) is 9.32. The molecule has 84 valence electrons. The molecule has 0 aliphatic heterocycles. The lowest BCUT2D eigenvalue weighted by atomic mass is 10.2. The van der Waals surface area contributed by atoms with Gasteiger partial charge in [-0.15, -0.1) is 0 Å². The van der Waals surface area contributed by atoms with E-state index in [2.05, 4.69) is 11.8 Å². The molecule has 4 nitrogen and oxygen atoms in total. The molecule has 0 saturated heterocycles. The van der Waals surface area contributed by atoms with Gasteiger partial charge in [-0.2, -0.15) is 0 Å². The summed E-state index contributed by atoms with van der Waals surface area (Å²) in [6.45, 7) is 6.28. The van der Waals surface area contributed by atoms with Gasteiger partial charge in [-0.3, -0.25) is 9.69 Å².